The minimum Gasteiger partial charge on any atom is -0.497 e. The zero-order chi connectivity index (χ0) is 12.0. The normalized spacial score (nSPS) is 11.9. The second kappa shape index (κ2) is 6.12. The summed E-state index contributed by atoms with van der Waals surface area (Å²) in [4.78, 5) is 11.3. The Morgan fingerprint density at radius 3 is 2.56 bits per heavy atom. The van der Waals surface area contributed by atoms with Crippen LogP contribution in [-0.2, 0) is 4.79 Å². The van der Waals surface area contributed by atoms with Gasteiger partial charge in [-0.1, -0.05) is 12.1 Å². The van der Waals surface area contributed by atoms with Crippen LogP contribution in [0.3, 0.4) is 0 Å². The van der Waals surface area contributed by atoms with Crippen LogP contribution >= 0.6 is 0 Å². The van der Waals surface area contributed by atoms with Crippen molar-refractivity contribution in [3.05, 3.63) is 29.8 Å². The van der Waals surface area contributed by atoms with Gasteiger partial charge in [0.05, 0.1) is 13.2 Å². The first-order valence-electron chi connectivity index (χ1n) is 5.30. The van der Waals surface area contributed by atoms with Crippen molar-refractivity contribution >= 4 is 5.91 Å². The van der Waals surface area contributed by atoms with E-state index >= 15 is 0 Å². The van der Waals surface area contributed by atoms with Crippen LogP contribution in [-0.4, -0.2) is 19.6 Å². The molecule has 1 aromatic rings. The predicted octanol–water partition coefficient (Wildman–Crippen LogP) is 1.22. The van der Waals surface area contributed by atoms with E-state index in [1.807, 2.05) is 31.2 Å². The molecule has 1 unspecified atom stereocenters. The van der Waals surface area contributed by atoms with Gasteiger partial charge in [-0.05, 0) is 24.6 Å². The average Bonchev–Trinajstić information content (AvgIpc) is 2.29. The van der Waals surface area contributed by atoms with Gasteiger partial charge in [-0.15, -0.1) is 0 Å². The number of nitrogens with one attached hydrogen (secondary N) is 1. The van der Waals surface area contributed by atoms with Crippen LogP contribution in [0, 0.1) is 0 Å². The molecule has 0 aliphatic heterocycles. The van der Waals surface area contributed by atoms with E-state index in [1.54, 1.807) is 7.11 Å². The van der Waals surface area contributed by atoms with Gasteiger partial charge in [0.2, 0.25) is 5.91 Å². The maximum Gasteiger partial charge on any atom is 0.221 e. The number of hydrogen-bond donors (Lipinski definition) is 2. The van der Waals surface area contributed by atoms with Crippen molar-refractivity contribution in [3.8, 4) is 5.75 Å². The van der Waals surface area contributed by atoms with Crippen LogP contribution < -0.4 is 15.8 Å². The summed E-state index contributed by atoms with van der Waals surface area (Å²) >= 11 is 0. The first kappa shape index (κ1) is 12.5. The first-order valence-corrected chi connectivity index (χ1v) is 5.30. The molecule has 0 radical (unpaired) electrons. The molecule has 0 saturated heterocycles. The molecular weight excluding hydrogens is 204 g/mol. The second-order valence-electron chi connectivity index (χ2n) is 3.60. The van der Waals surface area contributed by atoms with Gasteiger partial charge < -0.3 is 15.8 Å². The fourth-order valence-electron chi connectivity index (χ4n) is 1.42. The average molecular weight is 222 g/mol. The van der Waals surface area contributed by atoms with Crippen LogP contribution in [0.1, 0.15) is 24.9 Å². The third-order valence-electron chi connectivity index (χ3n) is 2.36. The molecule has 0 aliphatic rings. The van der Waals surface area contributed by atoms with E-state index < -0.39 is 0 Å². The Morgan fingerprint density at radius 1 is 1.44 bits per heavy atom. The molecule has 0 heterocycles. The van der Waals surface area contributed by atoms with Crippen molar-refractivity contribution in [3.63, 3.8) is 0 Å². The summed E-state index contributed by atoms with van der Waals surface area (Å²) in [5.74, 6) is 0.787. The Bertz CT molecular complexity index is 335. The molecule has 0 aliphatic carbocycles. The summed E-state index contributed by atoms with van der Waals surface area (Å²) in [7, 11) is 1.63. The Kier molecular flexibility index (Phi) is 4.79. The van der Waals surface area contributed by atoms with E-state index in [0.717, 1.165) is 11.3 Å². The number of carbonyl (C=O) groups is 1. The van der Waals surface area contributed by atoms with Crippen molar-refractivity contribution in [2.75, 3.05) is 13.7 Å². The Labute approximate surface area is 95.8 Å². The van der Waals surface area contributed by atoms with E-state index in [9.17, 15) is 4.79 Å². The van der Waals surface area contributed by atoms with Crippen molar-refractivity contribution in [1.82, 2.24) is 5.32 Å². The van der Waals surface area contributed by atoms with Gasteiger partial charge in [0.25, 0.3) is 0 Å². The summed E-state index contributed by atoms with van der Waals surface area (Å²) in [5, 5.41) is 2.87. The van der Waals surface area contributed by atoms with E-state index in [2.05, 4.69) is 5.32 Å². The van der Waals surface area contributed by atoms with Crippen LogP contribution in [0.25, 0.3) is 0 Å². The van der Waals surface area contributed by atoms with Crippen LogP contribution in [0.4, 0.5) is 0 Å². The number of ether oxygens (including phenoxy) is 1. The maximum absolute atomic E-state index is 11.3. The van der Waals surface area contributed by atoms with Gasteiger partial charge >= 0.3 is 0 Å². The number of rotatable bonds is 5. The van der Waals surface area contributed by atoms with Crippen molar-refractivity contribution in [1.29, 1.82) is 0 Å². The molecule has 0 spiro atoms. The fourth-order valence-corrected chi connectivity index (χ4v) is 1.42. The Morgan fingerprint density at radius 2 is 2.06 bits per heavy atom. The molecule has 16 heavy (non-hydrogen) atoms. The van der Waals surface area contributed by atoms with Gasteiger partial charge in [0.15, 0.2) is 0 Å². The topological polar surface area (TPSA) is 64.3 Å². The molecule has 1 atom stereocenters. The van der Waals surface area contributed by atoms with E-state index in [-0.39, 0.29) is 11.9 Å². The molecule has 1 rings (SSSR count). The molecule has 0 bridgehead atoms. The highest BCUT2D eigenvalue weighted by Crippen LogP contribution is 2.17. The highest BCUT2D eigenvalue weighted by Gasteiger charge is 2.08. The second-order valence-corrected chi connectivity index (χ2v) is 3.60. The molecule has 1 amide bonds. The summed E-state index contributed by atoms with van der Waals surface area (Å²) in [6.45, 7) is 2.32. The predicted molar refractivity (Wildman–Crippen MR) is 63.2 cm³/mol. The van der Waals surface area contributed by atoms with Crippen molar-refractivity contribution in [2.24, 2.45) is 5.73 Å². The minimum absolute atomic E-state index is 0.00930. The first-order chi connectivity index (χ1) is 7.67. The molecule has 1 aromatic carbocycles. The maximum atomic E-state index is 11.3. The number of benzene rings is 1. The van der Waals surface area contributed by atoms with Crippen LogP contribution in [0.5, 0.6) is 5.75 Å². The summed E-state index contributed by atoms with van der Waals surface area (Å²) in [6, 6.07) is 7.62. The molecule has 3 N–H and O–H groups in total. The van der Waals surface area contributed by atoms with E-state index in [1.165, 1.54) is 0 Å². The zero-order valence-corrected chi connectivity index (χ0v) is 9.69. The molecular formula is C12H18N2O2. The van der Waals surface area contributed by atoms with Gasteiger partial charge in [0, 0.05) is 13.0 Å². The number of carbonyl (C=O) groups excluding carboxylic acids is 1. The molecule has 4 heteroatoms. The lowest BCUT2D eigenvalue weighted by Gasteiger charge is -2.14. The Hall–Kier alpha value is -1.55. The molecule has 88 valence electrons. The molecule has 0 saturated carbocycles. The van der Waals surface area contributed by atoms with Crippen LogP contribution in [0.15, 0.2) is 24.3 Å². The Balaban J connectivity index is 2.58. The highest BCUT2D eigenvalue weighted by atomic mass is 16.5. The zero-order valence-electron chi connectivity index (χ0n) is 9.69. The fraction of sp³-hybridized carbons (Fsp3) is 0.417. The van der Waals surface area contributed by atoms with Gasteiger partial charge in [-0.2, -0.15) is 0 Å². The highest BCUT2D eigenvalue weighted by molar-refractivity contribution is 5.76. The lowest BCUT2D eigenvalue weighted by molar-refractivity contribution is -0.121. The molecule has 0 aromatic heterocycles. The van der Waals surface area contributed by atoms with Gasteiger partial charge in [-0.25, -0.2) is 0 Å². The summed E-state index contributed by atoms with van der Waals surface area (Å²) in [6.07, 6.45) is 0.362. The van der Waals surface area contributed by atoms with Crippen LogP contribution in [0.2, 0.25) is 0 Å². The lowest BCUT2D eigenvalue weighted by atomic mass is 10.1. The quantitative estimate of drug-likeness (QED) is 0.787. The lowest BCUT2D eigenvalue weighted by Crippen LogP contribution is -2.28. The largest absolute Gasteiger partial charge is 0.497 e. The molecule has 4 nitrogen and oxygen atoms in total. The number of amides is 1. The van der Waals surface area contributed by atoms with Crippen molar-refractivity contribution < 1.29 is 9.53 Å². The summed E-state index contributed by atoms with van der Waals surface area (Å²) < 4.78 is 5.06. The third kappa shape index (κ3) is 3.55. The number of nitrogens with two attached hydrogens (primary N) is 1. The number of methoxy groups -OCH3 is 1. The van der Waals surface area contributed by atoms with Crippen molar-refractivity contribution in [2.45, 2.75) is 19.4 Å². The third-order valence-corrected chi connectivity index (χ3v) is 2.36. The minimum atomic E-state index is -0.0224. The monoisotopic (exact) mass is 222 g/mol. The SMILES string of the molecule is COc1ccc(C(C)NC(=O)CCN)cc1. The standard InChI is InChI=1S/C12H18N2O2/c1-9(14-12(15)7-8-13)10-3-5-11(16-2)6-4-10/h3-6,9H,7-8,13H2,1-2H3,(H,14,15). The van der Waals surface area contributed by atoms with Gasteiger partial charge in [0.1, 0.15) is 5.75 Å². The van der Waals surface area contributed by atoms with E-state index in [4.69, 9.17) is 10.5 Å². The van der Waals surface area contributed by atoms with Gasteiger partial charge in [-0.3, -0.25) is 4.79 Å². The summed E-state index contributed by atoms with van der Waals surface area (Å²) in [5.41, 5.74) is 6.35. The number of hydrogen-bond acceptors (Lipinski definition) is 3. The van der Waals surface area contributed by atoms with E-state index in [0.29, 0.717) is 13.0 Å². The smallest absolute Gasteiger partial charge is 0.221 e. The molecule has 0 fully saturated rings.